The summed E-state index contributed by atoms with van der Waals surface area (Å²) >= 11 is 5.95. The highest BCUT2D eigenvalue weighted by atomic mass is 35.5. The largest absolute Gasteiger partial charge is 0.441 e. The number of amides is 1. The Morgan fingerprint density at radius 3 is 2.87 bits per heavy atom. The highest BCUT2D eigenvalue weighted by Crippen LogP contribution is 2.28. The molecule has 1 fully saturated rings. The van der Waals surface area contributed by atoms with E-state index in [2.05, 4.69) is 0 Å². The zero-order chi connectivity index (χ0) is 10.8. The minimum Gasteiger partial charge on any atom is -0.441 e. The number of aliphatic hydroxyl groups excluding tert-OH is 1. The first-order valence-electron chi connectivity index (χ1n) is 4.56. The highest BCUT2D eigenvalue weighted by molar-refractivity contribution is 6.33. The lowest BCUT2D eigenvalue weighted by Gasteiger charge is -2.13. The summed E-state index contributed by atoms with van der Waals surface area (Å²) in [6, 6.07) is 7.03. The van der Waals surface area contributed by atoms with E-state index in [4.69, 9.17) is 21.4 Å². The van der Waals surface area contributed by atoms with E-state index in [1.807, 2.05) is 0 Å². The number of rotatable bonds is 2. The number of nitrogens with zero attached hydrogens (tertiary/aromatic N) is 1. The van der Waals surface area contributed by atoms with Gasteiger partial charge in [-0.1, -0.05) is 23.7 Å². The standard InChI is InChI=1S/C10H10ClNO3/c11-8-3-1-2-4-9(8)12-5-7(6-13)15-10(12)14/h1-4,7,13H,5-6H2. The van der Waals surface area contributed by atoms with Crippen molar-refractivity contribution >= 4 is 23.4 Å². The fourth-order valence-corrected chi connectivity index (χ4v) is 1.72. The SMILES string of the molecule is O=C1OC(CO)CN1c1ccccc1Cl. The van der Waals surface area contributed by atoms with Crippen molar-refractivity contribution in [2.45, 2.75) is 6.10 Å². The fourth-order valence-electron chi connectivity index (χ4n) is 1.48. The van der Waals surface area contributed by atoms with Crippen LogP contribution in [0.2, 0.25) is 5.02 Å². The summed E-state index contributed by atoms with van der Waals surface area (Å²) in [5.41, 5.74) is 0.611. The second-order valence-corrected chi connectivity index (χ2v) is 3.66. The van der Waals surface area contributed by atoms with Crippen molar-refractivity contribution in [3.05, 3.63) is 29.3 Å². The molecule has 4 nitrogen and oxygen atoms in total. The Balaban J connectivity index is 2.25. The first-order chi connectivity index (χ1) is 7.22. The molecule has 1 aromatic carbocycles. The zero-order valence-electron chi connectivity index (χ0n) is 7.89. The van der Waals surface area contributed by atoms with Crippen molar-refractivity contribution in [2.24, 2.45) is 0 Å². The zero-order valence-corrected chi connectivity index (χ0v) is 8.65. The molecule has 2 rings (SSSR count). The summed E-state index contributed by atoms with van der Waals surface area (Å²) in [7, 11) is 0. The van der Waals surface area contributed by atoms with Gasteiger partial charge in [0.15, 0.2) is 0 Å². The Morgan fingerprint density at radius 2 is 2.27 bits per heavy atom. The Labute approximate surface area is 92.0 Å². The van der Waals surface area contributed by atoms with Crippen LogP contribution in [-0.4, -0.2) is 30.5 Å². The van der Waals surface area contributed by atoms with E-state index in [1.165, 1.54) is 4.90 Å². The summed E-state index contributed by atoms with van der Waals surface area (Å²) in [5.74, 6) is 0. The summed E-state index contributed by atoms with van der Waals surface area (Å²) < 4.78 is 4.91. The molecule has 1 aliphatic rings. The van der Waals surface area contributed by atoms with Crippen LogP contribution in [-0.2, 0) is 4.74 Å². The lowest BCUT2D eigenvalue weighted by atomic mass is 10.3. The second-order valence-electron chi connectivity index (χ2n) is 3.25. The highest BCUT2D eigenvalue weighted by Gasteiger charge is 2.32. The van der Waals surface area contributed by atoms with Crippen molar-refractivity contribution in [3.63, 3.8) is 0 Å². The van der Waals surface area contributed by atoms with E-state index in [0.717, 1.165) is 0 Å². The second kappa shape index (κ2) is 4.08. The summed E-state index contributed by atoms with van der Waals surface area (Å²) in [4.78, 5) is 12.9. The first-order valence-corrected chi connectivity index (χ1v) is 4.93. The van der Waals surface area contributed by atoms with Crippen LogP contribution in [0.3, 0.4) is 0 Å². The molecule has 1 aromatic rings. The van der Waals surface area contributed by atoms with Crippen LogP contribution >= 0.6 is 11.6 Å². The van der Waals surface area contributed by atoms with Crippen LogP contribution in [0.4, 0.5) is 10.5 Å². The monoisotopic (exact) mass is 227 g/mol. The van der Waals surface area contributed by atoms with Gasteiger partial charge in [0.1, 0.15) is 6.10 Å². The molecule has 1 aliphatic heterocycles. The maximum absolute atomic E-state index is 11.4. The van der Waals surface area contributed by atoms with Gasteiger partial charge < -0.3 is 9.84 Å². The molecular weight excluding hydrogens is 218 g/mol. The van der Waals surface area contributed by atoms with Crippen LogP contribution in [0, 0.1) is 0 Å². The van der Waals surface area contributed by atoms with Gasteiger partial charge in [0.25, 0.3) is 0 Å². The number of para-hydroxylation sites is 1. The van der Waals surface area contributed by atoms with Crippen molar-refractivity contribution in [1.82, 2.24) is 0 Å². The predicted molar refractivity (Wildman–Crippen MR) is 56.2 cm³/mol. The number of benzene rings is 1. The third kappa shape index (κ3) is 1.91. The van der Waals surface area contributed by atoms with Crippen molar-refractivity contribution in [3.8, 4) is 0 Å². The molecule has 1 atom stereocenters. The summed E-state index contributed by atoms with van der Waals surface area (Å²) in [6.07, 6.45) is -0.934. The molecule has 0 saturated carbocycles. The lowest BCUT2D eigenvalue weighted by Crippen LogP contribution is -2.25. The molecule has 80 valence electrons. The number of halogens is 1. The number of hydrogen-bond acceptors (Lipinski definition) is 3. The van der Waals surface area contributed by atoms with Crippen molar-refractivity contribution < 1.29 is 14.6 Å². The molecule has 0 aliphatic carbocycles. The number of hydrogen-bond donors (Lipinski definition) is 1. The summed E-state index contributed by atoms with van der Waals surface area (Å²) in [6.45, 7) is 0.158. The number of carbonyl (C=O) groups excluding carboxylic acids is 1. The van der Waals surface area contributed by atoms with Gasteiger partial charge in [-0.2, -0.15) is 0 Å². The Morgan fingerprint density at radius 1 is 1.53 bits per heavy atom. The minimum absolute atomic E-state index is 0.174. The minimum atomic E-state index is -0.470. The smallest absolute Gasteiger partial charge is 0.414 e. The van der Waals surface area contributed by atoms with Gasteiger partial charge in [-0.3, -0.25) is 4.90 Å². The van der Waals surface area contributed by atoms with E-state index < -0.39 is 12.2 Å². The molecular formula is C10H10ClNO3. The van der Waals surface area contributed by atoms with Crippen LogP contribution < -0.4 is 4.90 Å². The van der Waals surface area contributed by atoms with Gasteiger partial charge in [-0.25, -0.2) is 4.79 Å². The summed E-state index contributed by atoms with van der Waals surface area (Å²) in [5, 5.41) is 9.37. The van der Waals surface area contributed by atoms with Gasteiger partial charge in [-0.05, 0) is 12.1 Å². The van der Waals surface area contributed by atoms with E-state index in [-0.39, 0.29) is 6.61 Å². The van der Waals surface area contributed by atoms with E-state index in [0.29, 0.717) is 17.3 Å². The van der Waals surface area contributed by atoms with Gasteiger partial charge in [0.2, 0.25) is 0 Å². The average Bonchev–Trinajstić information content (AvgIpc) is 2.60. The van der Waals surface area contributed by atoms with Gasteiger partial charge in [0, 0.05) is 0 Å². The van der Waals surface area contributed by atoms with E-state index >= 15 is 0 Å². The van der Waals surface area contributed by atoms with Crippen LogP contribution in [0.5, 0.6) is 0 Å². The molecule has 0 radical (unpaired) electrons. The Hall–Kier alpha value is -1.26. The maximum atomic E-state index is 11.4. The van der Waals surface area contributed by atoms with Crippen LogP contribution in [0.1, 0.15) is 0 Å². The van der Waals surface area contributed by atoms with Crippen molar-refractivity contribution in [1.29, 1.82) is 0 Å². The van der Waals surface area contributed by atoms with Gasteiger partial charge in [0.05, 0.1) is 23.9 Å². The number of aliphatic hydroxyl groups is 1. The molecule has 1 amide bonds. The lowest BCUT2D eigenvalue weighted by molar-refractivity contribution is 0.0963. The third-order valence-corrected chi connectivity index (χ3v) is 2.54. The molecule has 1 heterocycles. The maximum Gasteiger partial charge on any atom is 0.414 e. The predicted octanol–water partition coefficient (Wildman–Crippen LogP) is 1.66. The Kier molecular flexibility index (Phi) is 2.79. The van der Waals surface area contributed by atoms with E-state index in [1.54, 1.807) is 24.3 Å². The topological polar surface area (TPSA) is 49.8 Å². The number of carbonyl (C=O) groups is 1. The number of cyclic esters (lactones) is 1. The molecule has 1 N–H and O–H groups in total. The molecule has 5 heteroatoms. The fraction of sp³-hybridized carbons (Fsp3) is 0.300. The van der Waals surface area contributed by atoms with Crippen molar-refractivity contribution in [2.75, 3.05) is 18.1 Å². The normalized spacial score (nSPS) is 20.5. The number of ether oxygens (including phenoxy) is 1. The molecule has 0 aromatic heterocycles. The van der Waals surface area contributed by atoms with Gasteiger partial charge >= 0.3 is 6.09 Å². The molecule has 15 heavy (non-hydrogen) atoms. The average molecular weight is 228 g/mol. The van der Waals surface area contributed by atoms with Crippen LogP contribution in [0.15, 0.2) is 24.3 Å². The molecule has 0 spiro atoms. The van der Waals surface area contributed by atoms with E-state index in [9.17, 15) is 4.79 Å². The first kappa shape index (κ1) is 10.3. The number of anilines is 1. The molecule has 0 bridgehead atoms. The molecule has 1 unspecified atom stereocenters. The molecule has 1 saturated heterocycles. The third-order valence-electron chi connectivity index (χ3n) is 2.22. The Bertz CT molecular complexity index is 383. The quantitative estimate of drug-likeness (QED) is 0.836. The van der Waals surface area contributed by atoms with Gasteiger partial charge in [-0.15, -0.1) is 0 Å². The van der Waals surface area contributed by atoms with Crippen LogP contribution in [0.25, 0.3) is 0 Å².